The molecule has 132 valence electrons. The summed E-state index contributed by atoms with van der Waals surface area (Å²) in [7, 11) is 0. The van der Waals surface area contributed by atoms with Gasteiger partial charge in [0.1, 0.15) is 0 Å². The van der Waals surface area contributed by atoms with E-state index in [1.165, 1.54) is 5.56 Å². The first-order chi connectivity index (χ1) is 13.2. The van der Waals surface area contributed by atoms with Crippen molar-refractivity contribution in [1.29, 1.82) is 5.41 Å². The molecule has 0 aliphatic heterocycles. The number of hydrogen-bond acceptors (Lipinski definition) is 1. The highest BCUT2D eigenvalue weighted by Gasteiger charge is 2.08. The van der Waals surface area contributed by atoms with Gasteiger partial charge in [0.25, 0.3) is 0 Å². The van der Waals surface area contributed by atoms with E-state index < -0.39 is 0 Å². The van der Waals surface area contributed by atoms with Crippen LogP contribution in [0.4, 0.5) is 11.4 Å². The van der Waals surface area contributed by atoms with Crippen LogP contribution in [0.1, 0.15) is 5.56 Å². The minimum atomic E-state index is 0.242. The summed E-state index contributed by atoms with van der Waals surface area (Å²) < 4.78 is 0. The first-order valence-electron chi connectivity index (χ1n) is 8.97. The molecular formula is C24H21N3. The second-order valence-electron chi connectivity index (χ2n) is 6.57. The largest absolute Gasteiger partial charge is 0.326 e. The molecular weight excluding hydrogens is 330 g/mol. The maximum atomic E-state index is 8.42. The lowest BCUT2D eigenvalue weighted by Gasteiger charge is -2.15. The predicted molar refractivity (Wildman–Crippen MR) is 116 cm³/mol. The number of fused-ring (bicyclic) bond motifs is 1. The number of nitrogens with one attached hydrogen (secondary N) is 3. The third kappa shape index (κ3) is 3.67. The lowest BCUT2D eigenvalue weighted by molar-refractivity contribution is 1.43. The van der Waals surface area contributed by atoms with E-state index in [4.69, 9.17) is 5.41 Å². The van der Waals surface area contributed by atoms with Crippen molar-refractivity contribution in [2.75, 3.05) is 10.6 Å². The third-order valence-electron chi connectivity index (χ3n) is 4.57. The molecule has 0 unspecified atom stereocenters. The van der Waals surface area contributed by atoms with Crippen LogP contribution in [0, 0.1) is 12.3 Å². The molecule has 3 nitrogen and oxygen atoms in total. The molecule has 0 fully saturated rings. The van der Waals surface area contributed by atoms with Crippen LogP contribution in [-0.4, -0.2) is 5.96 Å². The lowest BCUT2D eigenvalue weighted by Crippen LogP contribution is -2.21. The molecule has 4 aromatic rings. The second-order valence-corrected chi connectivity index (χ2v) is 6.57. The van der Waals surface area contributed by atoms with Crippen molar-refractivity contribution in [3.8, 4) is 11.1 Å². The minimum Gasteiger partial charge on any atom is -0.326 e. The molecule has 3 heteroatoms. The van der Waals surface area contributed by atoms with Gasteiger partial charge in [-0.3, -0.25) is 5.41 Å². The number of hydrogen-bond donors (Lipinski definition) is 3. The summed E-state index contributed by atoms with van der Waals surface area (Å²) in [4.78, 5) is 0. The Morgan fingerprint density at radius 3 is 2.26 bits per heavy atom. The summed E-state index contributed by atoms with van der Waals surface area (Å²) in [6.45, 7) is 2.09. The first-order valence-corrected chi connectivity index (χ1v) is 8.97. The smallest absolute Gasteiger partial charge is 0.197 e. The first kappa shape index (κ1) is 16.9. The van der Waals surface area contributed by atoms with Gasteiger partial charge in [0.2, 0.25) is 0 Å². The van der Waals surface area contributed by atoms with E-state index >= 15 is 0 Å². The zero-order valence-electron chi connectivity index (χ0n) is 15.2. The van der Waals surface area contributed by atoms with Crippen molar-refractivity contribution in [2.24, 2.45) is 0 Å². The van der Waals surface area contributed by atoms with Crippen LogP contribution in [0.5, 0.6) is 0 Å². The fourth-order valence-electron chi connectivity index (χ4n) is 3.29. The maximum Gasteiger partial charge on any atom is 0.197 e. The molecule has 0 amide bonds. The van der Waals surface area contributed by atoms with Gasteiger partial charge < -0.3 is 10.6 Å². The Bertz CT molecular complexity index is 1110. The number of para-hydroxylation sites is 1. The maximum absolute atomic E-state index is 8.42. The normalized spacial score (nSPS) is 10.6. The molecule has 0 radical (unpaired) electrons. The number of guanidine groups is 1. The Morgan fingerprint density at radius 2 is 1.37 bits per heavy atom. The van der Waals surface area contributed by atoms with Crippen LogP contribution in [0.3, 0.4) is 0 Å². The number of aryl methyl sites for hydroxylation is 1. The van der Waals surface area contributed by atoms with Gasteiger partial charge in [-0.05, 0) is 30.0 Å². The van der Waals surface area contributed by atoms with Crippen molar-refractivity contribution >= 4 is 28.1 Å². The second kappa shape index (κ2) is 7.34. The number of anilines is 2. The molecule has 0 aliphatic carbocycles. The quantitative estimate of drug-likeness (QED) is 0.301. The van der Waals surface area contributed by atoms with Gasteiger partial charge >= 0.3 is 0 Å². The summed E-state index contributed by atoms with van der Waals surface area (Å²) in [6, 6.07) is 30.7. The van der Waals surface area contributed by atoms with Gasteiger partial charge in [0.15, 0.2) is 5.96 Å². The Morgan fingerprint density at radius 1 is 0.704 bits per heavy atom. The molecule has 4 rings (SSSR count). The van der Waals surface area contributed by atoms with Gasteiger partial charge in [0, 0.05) is 22.3 Å². The van der Waals surface area contributed by atoms with E-state index in [0.29, 0.717) is 0 Å². The van der Waals surface area contributed by atoms with Crippen molar-refractivity contribution < 1.29 is 0 Å². The highest BCUT2D eigenvalue weighted by molar-refractivity contribution is 6.08. The average molecular weight is 351 g/mol. The average Bonchev–Trinajstić information content (AvgIpc) is 2.69. The summed E-state index contributed by atoms with van der Waals surface area (Å²) in [5, 5.41) is 17.1. The molecule has 0 atom stereocenters. The highest BCUT2D eigenvalue weighted by Crippen LogP contribution is 2.29. The van der Waals surface area contributed by atoms with Gasteiger partial charge in [-0.1, -0.05) is 84.4 Å². The van der Waals surface area contributed by atoms with Crippen LogP contribution < -0.4 is 10.6 Å². The molecule has 3 N–H and O–H groups in total. The molecule has 0 aromatic heterocycles. The van der Waals surface area contributed by atoms with Crippen LogP contribution in [0.15, 0.2) is 91.0 Å². The molecule has 0 spiro atoms. The highest BCUT2D eigenvalue weighted by atomic mass is 15.1. The topological polar surface area (TPSA) is 47.9 Å². The molecule has 27 heavy (non-hydrogen) atoms. The Labute approximate surface area is 159 Å². The fraction of sp³-hybridized carbons (Fsp3) is 0.0417. The zero-order chi connectivity index (χ0) is 18.6. The summed E-state index contributed by atoms with van der Waals surface area (Å²) in [5.74, 6) is 0.242. The van der Waals surface area contributed by atoms with Crippen molar-refractivity contribution in [1.82, 2.24) is 0 Å². The minimum absolute atomic E-state index is 0.242. The van der Waals surface area contributed by atoms with Crippen LogP contribution in [-0.2, 0) is 0 Å². The van der Waals surface area contributed by atoms with Gasteiger partial charge in [-0.15, -0.1) is 0 Å². The SMILES string of the molecule is Cc1cccc(-c2ccccc2NC(=N)Nc2cccc3ccccc23)c1. The van der Waals surface area contributed by atoms with Gasteiger partial charge in [-0.25, -0.2) is 0 Å². The van der Waals surface area contributed by atoms with E-state index in [1.54, 1.807) is 0 Å². The zero-order valence-corrected chi connectivity index (χ0v) is 15.2. The molecule has 0 saturated heterocycles. The standard InChI is InChI=1S/C24H21N3/c1-17-8-6-11-19(16-17)21-13-4-5-14-22(21)26-24(25)27-23-15-7-10-18-9-2-3-12-20(18)23/h2-16H,1H3,(H3,25,26,27). The summed E-state index contributed by atoms with van der Waals surface area (Å²) in [6.07, 6.45) is 0. The van der Waals surface area contributed by atoms with Crippen LogP contribution >= 0.6 is 0 Å². The monoisotopic (exact) mass is 351 g/mol. The Balaban J connectivity index is 1.60. The Kier molecular flexibility index (Phi) is 4.58. The fourth-order valence-corrected chi connectivity index (χ4v) is 3.29. The van der Waals surface area contributed by atoms with Gasteiger partial charge in [-0.2, -0.15) is 0 Å². The van der Waals surface area contributed by atoms with E-state index in [0.717, 1.165) is 33.3 Å². The van der Waals surface area contributed by atoms with Crippen molar-refractivity contribution in [3.63, 3.8) is 0 Å². The number of rotatable bonds is 3. The van der Waals surface area contributed by atoms with E-state index in [-0.39, 0.29) is 5.96 Å². The molecule has 0 bridgehead atoms. The third-order valence-corrected chi connectivity index (χ3v) is 4.57. The van der Waals surface area contributed by atoms with E-state index in [2.05, 4.69) is 66.1 Å². The molecule has 0 aliphatic rings. The molecule has 0 heterocycles. The number of benzene rings is 4. The summed E-state index contributed by atoms with van der Waals surface area (Å²) >= 11 is 0. The van der Waals surface area contributed by atoms with Crippen LogP contribution in [0.25, 0.3) is 21.9 Å². The van der Waals surface area contributed by atoms with Gasteiger partial charge in [0.05, 0.1) is 0 Å². The molecule has 0 saturated carbocycles. The lowest BCUT2D eigenvalue weighted by atomic mass is 10.0. The van der Waals surface area contributed by atoms with E-state index in [1.807, 2.05) is 42.5 Å². The van der Waals surface area contributed by atoms with Crippen molar-refractivity contribution in [2.45, 2.75) is 6.92 Å². The van der Waals surface area contributed by atoms with Crippen LogP contribution in [0.2, 0.25) is 0 Å². The van der Waals surface area contributed by atoms with E-state index in [9.17, 15) is 0 Å². The Hall–Kier alpha value is -3.59. The predicted octanol–water partition coefficient (Wildman–Crippen LogP) is 6.27. The summed E-state index contributed by atoms with van der Waals surface area (Å²) in [5.41, 5.74) is 5.24. The molecule has 4 aromatic carbocycles. The van der Waals surface area contributed by atoms with Crippen molar-refractivity contribution in [3.05, 3.63) is 96.6 Å².